The predicted molar refractivity (Wildman–Crippen MR) is 130 cm³/mol. The van der Waals surface area contributed by atoms with E-state index in [9.17, 15) is 4.79 Å². The fourth-order valence-electron chi connectivity index (χ4n) is 4.66. The van der Waals surface area contributed by atoms with E-state index in [0.29, 0.717) is 11.3 Å². The van der Waals surface area contributed by atoms with Gasteiger partial charge in [0.2, 0.25) is 5.78 Å². The second-order valence-corrected chi connectivity index (χ2v) is 8.04. The van der Waals surface area contributed by atoms with Gasteiger partial charge in [0.15, 0.2) is 0 Å². The maximum Gasteiger partial charge on any atom is 0.210 e. The zero-order chi connectivity index (χ0) is 21.7. The third-order valence-electron chi connectivity index (χ3n) is 6.14. The maximum absolute atomic E-state index is 13.9. The molecular formula is C29H20N2O. The highest BCUT2D eigenvalue weighted by Crippen LogP contribution is 2.35. The molecule has 0 bridgehead atoms. The first-order chi connectivity index (χ1) is 15.7. The van der Waals surface area contributed by atoms with Crippen LogP contribution >= 0.6 is 0 Å². The Morgan fingerprint density at radius 1 is 0.719 bits per heavy atom. The van der Waals surface area contributed by atoms with Crippen LogP contribution in [0.5, 0.6) is 0 Å². The Labute approximate surface area is 185 Å². The molecule has 0 N–H and O–H groups in total. The Kier molecular flexibility index (Phi) is 4.15. The summed E-state index contributed by atoms with van der Waals surface area (Å²) in [7, 11) is 0. The van der Waals surface area contributed by atoms with Gasteiger partial charge in [0.05, 0.1) is 11.0 Å². The van der Waals surface area contributed by atoms with E-state index in [4.69, 9.17) is 4.98 Å². The van der Waals surface area contributed by atoms with Crippen molar-refractivity contribution in [3.63, 3.8) is 0 Å². The van der Waals surface area contributed by atoms with Crippen molar-refractivity contribution in [2.24, 2.45) is 0 Å². The molecule has 3 nitrogen and oxygen atoms in total. The van der Waals surface area contributed by atoms with Crippen LogP contribution in [0.3, 0.4) is 0 Å². The van der Waals surface area contributed by atoms with Gasteiger partial charge in [-0.15, -0.1) is 0 Å². The predicted octanol–water partition coefficient (Wildman–Crippen LogP) is 6.85. The number of para-hydroxylation sites is 1. The third kappa shape index (κ3) is 2.75. The normalized spacial score (nSPS) is 11.4. The van der Waals surface area contributed by atoms with Crippen LogP contribution in [0.15, 0.2) is 103 Å². The minimum atomic E-state index is 0.0107. The molecule has 3 aromatic heterocycles. The van der Waals surface area contributed by atoms with E-state index in [2.05, 4.69) is 24.3 Å². The summed E-state index contributed by atoms with van der Waals surface area (Å²) in [5.41, 5.74) is 6.43. The maximum atomic E-state index is 13.9. The molecule has 0 aliphatic rings. The molecule has 0 aliphatic carbocycles. The van der Waals surface area contributed by atoms with Gasteiger partial charge in [-0.1, -0.05) is 78.9 Å². The van der Waals surface area contributed by atoms with Crippen LogP contribution < -0.4 is 0 Å². The van der Waals surface area contributed by atoms with Crippen molar-refractivity contribution < 1.29 is 4.79 Å². The van der Waals surface area contributed by atoms with Gasteiger partial charge < -0.3 is 4.40 Å². The number of carbonyl (C=O) groups excluding carboxylic acids is 1. The molecule has 0 amide bonds. The van der Waals surface area contributed by atoms with E-state index >= 15 is 0 Å². The molecule has 3 aromatic carbocycles. The molecule has 0 unspecified atom stereocenters. The average molecular weight is 412 g/mol. The van der Waals surface area contributed by atoms with Gasteiger partial charge in [-0.25, -0.2) is 0 Å². The molecule has 6 aromatic rings. The summed E-state index contributed by atoms with van der Waals surface area (Å²) in [5, 5.41) is 3.01. The van der Waals surface area contributed by atoms with Crippen molar-refractivity contribution in [2.75, 3.05) is 0 Å². The van der Waals surface area contributed by atoms with Crippen molar-refractivity contribution in [1.29, 1.82) is 0 Å². The summed E-state index contributed by atoms with van der Waals surface area (Å²) >= 11 is 0. The zero-order valence-corrected chi connectivity index (χ0v) is 17.6. The Balaban J connectivity index is 1.61. The number of benzene rings is 3. The van der Waals surface area contributed by atoms with Crippen LogP contribution in [0, 0.1) is 6.92 Å². The second kappa shape index (κ2) is 7.17. The van der Waals surface area contributed by atoms with Crippen molar-refractivity contribution >= 4 is 33.0 Å². The quantitative estimate of drug-likeness (QED) is 0.298. The van der Waals surface area contributed by atoms with E-state index < -0.39 is 0 Å². The van der Waals surface area contributed by atoms with Gasteiger partial charge >= 0.3 is 0 Å². The average Bonchev–Trinajstić information content (AvgIpc) is 3.20. The SMILES string of the molecule is Cc1nc2ccccc2c2c(C(=O)c3ccc(-c4ccccc4)cc3)n3ccccc3c12. The number of fused-ring (bicyclic) bond motifs is 5. The highest BCUT2D eigenvalue weighted by atomic mass is 16.1. The minimum absolute atomic E-state index is 0.0107. The summed E-state index contributed by atoms with van der Waals surface area (Å²) in [6.07, 6.45) is 1.97. The highest BCUT2D eigenvalue weighted by Gasteiger charge is 2.23. The minimum Gasteiger partial charge on any atom is -0.312 e. The summed E-state index contributed by atoms with van der Waals surface area (Å²) < 4.78 is 2.01. The molecule has 0 saturated carbocycles. The van der Waals surface area contributed by atoms with E-state index in [1.165, 1.54) is 0 Å². The zero-order valence-electron chi connectivity index (χ0n) is 17.6. The number of ketones is 1. The van der Waals surface area contributed by atoms with Gasteiger partial charge in [0, 0.05) is 33.6 Å². The third-order valence-corrected chi connectivity index (χ3v) is 6.14. The number of carbonyl (C=O) groups is 1. The number of hydrogen-bond donors (Lipinski definition) is 0. The van der Waals surface area contributed by atoms with E-state index in [1.807, 2.05) is 90.3 Å². The van der Waals surface area contributed by atoms with Crippen LogP contribution in [-0.4, -0.2) is 15.2 Å². The lowest BCUT2D eigenvalue weighted by Crippen LogP contribution is -2.06. The molecule has 0 spiro atoms. The summed E-state index contributed by atoms with van der Waals surface area (Å²) in [6, 6.07) is 32.2. The fraction of sp³-hybridized carbons (Fsp3) is 0.0345. The molecule has 0 radical (unpaired) electrons. The summed E-state index contributed by atoms with van der Waals surface area (Å²) in [6.45, 7) is 2.02. The number of aryl methyl sites for hydroxylation is 1. The fourth-order valence-corrected chi connectivity index (χ4v) is 4.66. The lowest BCUT2D eigenvalue weighted by atomic mass is 9.98. The highest BCUT2D eigenvalue weighted by molar-refractivity contribution is 6.25. The van der Waals surface area contributed by atoms with Crippen LogP contribution in [0.2, 0.25) is 0 Å². The van der Waals surface area contributed by atoms with E-state index in [1.54, 1.807) is 0 Å². The van der Waals surface area contributed by atoms with Gasteiger partial charge in [-0.3, -0.25) is 9.78 Å². The molecule has 0 aliphatic heterocycles. The molecule has 32 heavy (non-hydrogen) atoms. The van der Waals surface area contributed by atoms with Crippen molar-refractivity contribution in [1.82, 2.24) is 9.38 Å². The number of nitrogens with zero attached hydrogens (tertiary/aromatic N) is 2. The summed E-state index contributed by atoms with van der Waals surface area (Å²) in [5.74, 6) is 0.0107. The standard InChI is InChI=1S/C29H20N2O/c1-19-26-25-13-7-8-18-31(25)28(27(26)23-11-5-6-12-24(23)30-19)29(32)22-16-14-21(15-17-22)20-9-3-2-4-10-20/h2-18H,1H3. The van der Waals surface area contributed by atoms with Crippen molar-refractivity contribution in [2.45, 2.75) is 6.92 Å². The topological polar surface area (TPSA) is 34.4 Å². The van der Waals surface area contributed by atoms with E-state index in [-0.39, 0.29) is 5.78 Å². The molecule has 0 saturated heterocycles. The molecule has 3 heterocycles. The van der Waals surface area contributed by atoms with Crippen LogP contribution in [-0.2, 0) is 0 Å². The first-order valence-corrected chi connectivity index (χ1v) is 10.7. The Hall–Kier alpha value is -4.24. The number of hydrogen-bond acceptors (Lipinski definition) is 2. The number of aromatic nitrogens is 2. The van der Waals surface area contributed by atoms with E-state index in [0.717, 1.165) is 44.0 Å². The first-order valence-electron chi connectivity index (χ1n) is 10.7. The Bertz CT molecular complexity index is 1630. The van der Waals surface area contributed by atoms with Gasteiger partial charge in [-0.05, 0) is 36.2 Å². The number of rotatable bonds is 3. The van der Waals surface area contributed by atoms with Crippen molar-refractivity contribution in [3.8, 4) is 11.1 Å². The Morgan fingerprint density at radius 2 is 1.41 bits per heavy atom. The van der Waals surface area contributed by atoms with Gasteiger partial charge in [0.25, 0.3) is 0 Å². The monoisotopic (exact) mass is 412 g/mol. The van der Waals surface area contributed by atoms with Crippen LogP contribution in [0.1, 0.15) is 21.7 Å². The molecule has 6 rings (SSSR count). The van der Waals surface area contributed by atoms with Crippen LogP contribution in [0.25, 0.3) is 38.3 Å². The smallest absolute Gasteiger partial charge is 0.210 e. The first kappa shape index (κ1) is 18.5. The Morgan fingerprint density at radius 3 is 2.22 bits per heavy atom. The van der Waals surface area contributed by atoms with Crippen molar-refractivity contribution in [3.05, 3.63) is 120 Å². The molecule has 0 atom stereocenters. The summed E-state index contributed by atoms with van der Waals surface area (Å²) in [4.78, 5) is 18.7. The van der Waals surface area contributed by atoms with Gasteiger partial charge in [-0.2, -0.15) is 0 Å². The number of pyridine rings is 2. The lowest BCUT2D eigenvalue weighted by Gasteiger charge is -2.07. The molecule has 152 valence electrons. The molecule has 0 fully saturated rings. The van der Waals surface area contributed by atoms with Crippen LogP contribution in [0.4, 0.5) is 0 Å². The second-order valence-electron chi connectivity index (χ2n) is 8.04. The lowest BCUT2D eigenvalue weighted by molar-refractivity contribution is 0.103. The van der Waals surface area contributed by atoms with Gasteiger partial charge in [0.1, 0.15) is 5.69 Å². The largest absolute Gasteiger partial charge is 0.312 e. The molecular weight excluding hydrogens is 392 g/mol. The molecule has 3 heteroatoms.